The van der Waals surface area contributed by atoms with Gasteiger partial charge in [0.05, 0.1) is 22.9 Å². The van der Waals surface area contributed by atoms with Gasteiger partial charge in [0.2, 0.25) is 5.91 Å². The van der Waals surface area contributed by atoms with E-state index in [0.29, 0.717) is 40.3 Å². The number of hydrogen-bond acceptors (Lipinski definition) is 6. The van der Waals surface area contributed by atoms with Gasteiger partial charge in [-0.2, -0.15) is 5.10 Å². The van der Waals surface area contributed by atoms with Gasteiger partial charge in [-0.3, -0.25) is 14.9 Å². The Morgan fingerprint density at radius 3 is 2.84 bits per heavy atom. The van der Waals surface area contributed by atoms with Gasteiger partial charge in [-0.25, -0.2) is 14.4 Å². The molecule has 1 saturated heterocycles. The number of halogens is 1. The molecule has 4 aromatic heterocycles. The van der Waals surface area contributed by atoms with Crippen LogP contribution in [0.3, 0.4) is 0 Å². The summed E-state index contributed by atoms with van der Waals surface area (Å²) in [6, 6.07) is 6.82. The summed E-state index contributed by atoms with van der Waals surface area (Å²) < 4.78 is 15.2. The SMILES string of the molecule is CCCCC(=O)Nc1cncc(-c2cc3c(-c4nc5c(N6CCCCC6)nccc5[nH]4)n[nH]c3cc2F)c1. The van der Waals surface area contributed by atoms with Gasteiger partial charge in [0.25, 0.3) is 0 Å². The molecule has 5 aromatic rings. The van der Waals surface area contributed by atoms with Crippen molar-refractivity contribution in [3.8, 4) is 22.6 Å². The molecule has 5 heterocycles. The Bertz CT molecular complexity index is 1620. The maximum atomic E-state index is 15.2. The summed E-state index contributed by atoms with van der Waals surface area (Å²) in [4.78, 5) is 31.6. The zero-order chi connectivity index (χ0) is 26.1. The molecule has 0 bridgehead atoms. The van der Waals surface area contributed by atoms with E-state index >= 15 is 4.39 Å². The van der Waals surface area contributed by atoms with Crippen LogP contribution in [0.5, 0.6) is 0 Å². The predicted octanol–water partition coefficient (Wildman–Crippen LogP) is 5.82. The van der Waals surface area contributed by atoms with Crippen molar-refractivity contribution in [2.45, 2.75) is 45.4 Å². The number of pyridine rings is 2. The number of rotatable bonds is 7. The Balaban J connectivity index is 1.37. The molecule has 1 aromatic carbocycles. The van der Waals surface area contributed by atoms with E-state index in [1.807, 2.05) is 13.0 Å². The van der Waals surface area contributed by atoms with E-state index in [2.05, 4.69) is 35.4 Å². The number of carbonyl (C=O) groups excluding carboxylic acids is 1. The molecule has 38 heavy (non-hydrogen) atoms. The molecule has 0 unspecified atom stereocenters. The van der Waals surface area contributed by atoms with Crippen LogP contribution in [0.2, 0.25) is 0 Å². The summed E-state index contributed by atoms with van der Waals surface area (Å²) in [6.45, 7) is 3.97. The van der Waals surface area contributed by atoms with Crippen LogP contribution >= 0.6 is 0 Å². The lowest BCUT2D eigenvalue weighted by Crippen LogP contribution is -2.30. The number of amides is 1. The molecule has 3 N–H and O–H groups in total. The normalized spacial score (nSPS) is 13.9. The molecular formula is C28H29FN8O. The average Bonchev–Trinajstić information content (AvgIpc) is 3.55. The molecule has 1 aliphatic heterocycles. The molecular weight excluding hydrogens is 483 g/mol. The fourth-order valence-corrected chi connectivity index (χ4v) is 5.03. The van der Waals surface area contributed by atoms with E-state index < -0.39 is 5.82 Å². The number of imidazole rings is 1. The first kappa shape index (κ1) is 24.0. The molecule has 0 aliphatic carbocycles. The molecule has 1 fully saturated rings. The van der Waals surface area contributed by atoms with Crippen LogP contribution < -0.4 is 10.2 Å². The molecule has 1 amide bonds. The Morgan fingerprint density at radius 1 is 1.13 bits per heavy atom. The monoisotopic (exact) mass is 512 g/mol. The fraction of sp³-hybridized carbons (Fsp3) is 0.321. The third-order valence-corrected chi connectivity index (χ3v) is 7.00. The predicted molar refractivity (Wildman–Crippen MR) is 146 cm³/mol. The molecule has 6 rings (SSSR count). The summed E-state index contributed by atoms with van der Waals surface area (Å²) >= 11 is 0. The van der Waals surface area contributed by atoms with Crippen molar-refractivity contribution in [2.24, 2.45) is 0 Å². The molecule has 10 heteroatoms. The number of piperidine rings is 1. The number of unbranched alkanes of at least 4 members (excludes halogenated alkanes) is 1. The Kier molecular flexibility index (Phi) is 6.45. The summed E-state index contributed by atoms with van der Waals surface area (Å²) in [6.07, 6.45) is 10.7. The lowest BCUT2D eigenvalue weighted by molar-refractivity contribution is -0.116. The lowest BCUT2D eigenvalue weighted by Gasteiger charge is -2.27. The number of nitrogens with one attached hydrogen (secondary N) is 3. The lowest BCUT2D eigenvalue weighted by atomic mass is 10.0. The summed E-state index contributed by atoms with van der Waals surface area (Å²) in [5.41, 5.74) is 4.30. The summed E-state index contributed by atoms with van der Waals surface area (Å²) in [5, 5.41) is 11.0. The van der Waals surface area contributed by atoms with Gasteiger partial charge < -0.3 is 15.2 Å². The number of aromatic nitrogens is 6. The highest BCUT2D eigenvalue weighted by atomic mass is 19.1. The number of fused-ring (bicyclic) bond motifs is 2. The minimum Gasteiger partial charge on any atom is -0.355 e. The Labute approximate surface area is 218 Å². The summed E-state index contributed by atoms with van der Waals surface area (Å²) in [5.74, 6) is 0.970. The van der Waals surface area contributed by atoms with Gasteiger partial charge in [0.15, 0.2) is 11.6 Å². The van der Waals surface area contributed by atoms with Crippen molar-refractivity contribution < 1.29 is 9.18 Å². The van der Waals surface area contributed by atoms with Crippen LogP contribution in [-0.2, 0) is 4.79 Å². The highest BCUT2D eigenvalue weighted by molar-refractivity contribution is 5.97. The largest absolute Gasteiger partial charge is 0.355 e. The quantitative estimate of drug-likeness (QED) is 0.253. The van der Waals surface area contributed by atoms with Crippen LogP contribution in [0.4, 0.5) is 15.9 Å². The van der Waals surface area contributed by atoms with Crippen LogP contribution in [-0.4, -0.2) is 49.1 Å². The molecule has 9 nitrogen and oxygen atoms in total. The first-order valence-corrected chi connectivity index (χ1v) is 13.1. The third kappa shape index (κ3) is 4.57. The molecule has 0 spiro atoms. The van der Waals surface area contributed by atoms with E-state index in [9.17, 15) is 4.79 Å². The van der Waals surface area contributed by atoms with Crippen LogP contribution in [0, 0.1) is 5.82 Å². The number of hydrogen-bond donors (Lipinski definition) is 3. The van der Waals surface area contributed by atoms with Crippen molar-refractivity contribution in [1.29, 1.82) is 0 Å². The highest BCUT2D eigenvalue weighted by Crippen LogP contribution is 2.34. The van der Waals surface area contributed by atoms with E-state index in [-0.39, 0.29) is 5.91 Å². The first-order chi connectivity index (χ1) is 18.6. The number of anilines is 2. The molecule has 194 valence electrons. The number of H-pyrrole nitrogens is 2. The zero-order valence-corrected chi connectivity index (χ0v) is 21.2. The highest BCUT2D eigenvalue weighted by Gasteiger charge is 2.20. The van der Waals surface area contributed by atoms with Crippen LogP contribution in [0.15, 0.2) is 42.9 Å². The number of aromatic amines is 2. The second-order valence-electron chi connectivity index (χ2n) is 9.73. The van der Waals surface area contributed by atoms with Crippen LogP contribution in [0.1, 0.15) is 45.4 Å². The van der Waals surface area contributed by atoms with E-state index in [1.165, 1.54) is 12.5 Å². The van der Waals surface area contributed by atoms with Crippen molar-refractivity contribution >= 4 is 39.3 Å². The third-order valence-electron chi connectivity index (χ3n) is 7.00. The van der Waals surface area contributed by atoms with Gasteiger partial charge in [-0.05, 0) is 43.9 Å². The van der Waals surface area contributed by atoms with Crippen molar-refractivity contribution in [2.75, 3.05) is 23.3 Å². The van der Waals surface area contributed by atoms with Crippen LogP contribution in [0.25, 0.3) is 44.6 Å². The summed E-state index contributed by atoms with van der Waals surface area (Å²) in [7, 11) is 0. The molecule has 0 radical (unpaired) electrons. The van der Waals surface area contributed by atoms with Crippen molar-refractivity contribution in [1.82, 2.24) is 30.1 Å². The number of carbonyl (C=O) groups is 1. The van der Waals surface area contributed by atoms with Crippen molar-refractivity contribution in [3.63, 3.8) is 0 Å². The number of benzene rings is 1. The van der Waals surface area contributed by atoms with E-state index in [0.717, 1.165) is 61.0 Å². The Morgan fingerprint density at radius 2 is 2.00 bits per heavy atom. The second kappa shape index (κ2) is 10.2. The zero-order valence-electron chi connectivity index (χ0n) is 21.2. The second-order valence-corrected chi connectivity index (χ2v) is 9.73. The average molecular weight is 513 g/mol. The topological polar surface area (TPSA) is 115 Å². The minimum atomic E-state index is -0.412. The maximum absolute atomic E-state index is 15.2. The number of nitrogens with zero attached hydrogens (tertiary/aromatic N) is 5. The van der Waals surface area contributed by atoms with Gasteiger partial charge in [0, 0.05) is 54.5 Å². The van der Waals surface area contributed by atoms with E-state index in [4.69, 9.17) is 4.98 Å². The van der Waals surface area contributed by atoms with E-state index in [1.54, 1.807) is 30.7 Å². The van der Waals surface area contributed by atoms with Gasteiger partial charge in [-0.15, -0.1) is 0 Å². The smallest absolute Gasteiger partial charge is 0.224 e. The van der Waals surface area contributed by atoms with Gasteiger partial charge >= 0.3 is 0 Å². The standard InChI is InChI=1S/C28H29FN8O/c1-2-3-7-24(38)32-18-12-17(15-30-16-18)19-13-20-23(14-21(19)29)35-36-25(20)27-33-22-8-9-31-28(26(22)34-27)37-10-5-4-6-11-37/h8-9,12-16H,2-7,10-11H2,1H3,(H,32,38)(H,33,34)(H,35,36). The first-order valence-electron chi connectivity index (χ1n) is 13.1. The maximum Gasteiger partial charge on any atom is 0.224 e. The molecule has 0 atom stereocenters. The van der Waals surface area contributed by atoms with Gasteiger partial charge in [-0.1, -0.05) is 13.3 Å². The Hall–Kier alpha value is -4.34. The van der Waals surface area contributed by atoms with Crippen molar-refractivity contribution in [3.05, 3.63) is 48.7 Å². The fourth-order valence-electron chi connectivity index (χ4n) is 5.03. The minimum absolute atomic E-state index is 0.0813. The molecule has 0 saturated carbocycles. The molecule has 1 aliphatic rings. The van der Waals surface area contributed by atoms with Gasteiger partial charge in [0.1, 0.15) is 17.0 Å².